The molecular formula is C38H69Cl3F4N4O2. The summed E-state index contributed by atoms with van der Waals surface area (Å²) in [5, 5.41) is 2.65. The van der Waals surface area contributed by atoms with E-state index in [0.29, 0.717) is 36.5 Å². The molecule has 0 unspecified atom stereocenters. The van der Waals surface area contributed by atoms with E-state index in [2.05, 4.69) is 46.0 Å². The van der Waals surface area contributed by atoms with Gasteiger partial charge in [-0.3, -0.25) is 0 Å². The van der Waals surface area contributed by atoms with Crippen molar-refractivity contribution in [3.05, 3.63) is 11.6 Å². The number of allylic oxidation sites excluding steroid dienone is 1. The third-order valence-corrected chi connectivity index (χ3v) is 13.2. The Morgan fingerprint density at radius 3 is 2.27 bits per heavy atom. The molecule has 1 amide bonds. The lowest BCUT2D eigenvalue weighted by atomic mass is 9.47. The molecule has 0 aromatic carbocycles. The number of hydrogen-bond donors (Lipinski definition) is 3. The van der Waals surface area contributed by atoms with Crippen LogP contribution in [-0.2, 0) is 4.74 Å². The van der Waals surface area contributed by atoms with E-state index >= 15 is 0 Å². The Morgan fingerprint density at radius 2 is 1.63 bits per heavy atom. The Bertz CT molecular complexity index is 1110. The molecule has 8 atom stereocenters. The number of ether oxygens (including phenoxy) is 1. The normalized spacial score (nSPS) is 30.7. The van der Waals surface area contributed by atoms with Crippen LogP contribution in [-0.4, -0.2) is 68.2 Å². The Hall–Kier alpha value is -0.520. The van der Waals surface area contributed by atoms with Gasteiger partial charge in [-0.1, -0.05) is 65.5 Å². The maximum atomic E-state index is 14.4. The first kappa shape index (κ1) is 48.5. The van der Waals surface area contributed by atoms with Gasteiger partial charge in [0.15, 0.2) is 0 Å². The van der Waals surface area contributed by atoms with Gasteiger partial charge in [0.2, 0.25) is 0 Å². The van der Waals surface area contributed by atoms with E-state index in [1.54, 1.807) is 0 Å². The fourth-order valence-electron chi connectivity index (χ4n) is 10.4. The Morgan fingerprint density at radius 1 is 0.941 bits per heavy atom. The van der Waals surface area contributed by atoms with E-state index in [1.807, 2.05) is 0 Å². The van der Waals surface area contributed by atoms with Crippen LogP contribution in [0.1, 0.15) is 118 Å². The van der Waals surface area contributed by atoms with Crippen molar-refractivity contribution in [1.29, 1.82) is 0 Å². The lowest BCUT2D eigenvalue weighted by molar-refractivity contribution is -0.0618. The fraction of sp³-hybridized carbons (Fsp3) is 0.921. The maximum absolute atomic E-state index is 14.4. The maximum Gasteiger partial charge on any atom is 0.410 e. The molecule has 0 bridgehead atoms. The van der Waals surface area contributed by atoms with Gasteiger partial charge in [-0.25, -0.2) is 22.4 Å². The number of nitrogens with zero attached hydrogens (tertiary/aromatic N) is 1. The molecule has 0 aliphatic heterocycles. The van der Waals surface area contributed by atoms with Crippen molar-refractivity contribution in [2.45, 2.75) is 136 Å². The third kappa shape index (κ3) is 12.0. The van der Waals surface area contributed by atoms with Crippen molar-refractivity contribution in [3.8, 4) is 0 Å². The van der Waals surface area contributed by atoms with Crippen molar-refractivity contribution in [2.75, 3.05) is 39.3 Å². The van der Waals surface area contributed by atoms with Gasteiger partial charge in [-0.2, -0.15) is 0 Å². The minimum Gasteiger partial charge on any atom is -0.446 e. The zero-order valence-corrected chi connectivity index (χ0v) is 34.2. The van der Waals surface area contributed by atoms with Crippen molar-refractivity contribution < 1.29 is 27.1 Å². The van der Waals surface area contributed by atoms with Gasteiger partial charge in [0.1, 0.15) is 6.10 Å². The molecular weight excluding hydrogens is 727 g/mol. The smallest absolute Gasteiger partial charge is 0.410 e. The highest BCUT2D eigenvalue weighted by molar-refractivity contribution is 5.86. The van der Waals surface area contributed by atoms with Gasteiger partial charge in [-0.05, 0) is 111 Å². The molecule has 4 aliphatic carbocycles. The third-order valence-electron chi connectivity index (χ3n) is 13.2. The summed E-state index contributed by atoms with van der Waals surface area (Å²) in [6, 6.07) is 0. The van der Waals surface area contributed by atoms with Crippen molar-refractivity contribution in [2.24, 2.45) is 57.8 Å². The number of hydrogen-bond acceptors (Lipinski definition) is 5. The van der Waals surface area contributed by atoms with Gasteiger partial charge in [0, 0.05) is 13.0 Å². The van der Waals surface area contributed by atoms with Crippen LogP contribution >= 0.6 is 37.2 Å². The van der Waals surface area contributed by atoms with Gasteiger partial charge >= 0.3 is 6.09 Å². The number of unbranched alkanes of at least 4 members (excludes halogenated alkanes) is 1. The average Bonchev–Trinajstić information content (AvgIpc) is 3.39. The highest BCUT2D eigenvalue weighted by atomic mass is 35.5. The number of halogens is 7. The van der Waals surface area contributed by atoms with Gasteiger partial charge < -0.3 is 26.4 Å². The van der Waals surface area contributed by atoms with E-state index in [1.165, 1.54) is 50.5 Å². The van der Waals surface area contributed by atoms with E-state index in [0.717, 1.165) is 47.8 Å². The second-order valence-corrected chi connectivity index (χ2v) is 17.0. The summed E-state index contributed by atoms with van der Waals surface area (Å²) >= 11 is 0. The quantitative estimate of drug-likeness (QED) is 0.0775. The van der Waals surface area contributed by atoms with Crippen molar-refractivity contribution in [3.63, 3.8) is 0 Å². The zero-order chi connectivity index (χ0) is 35.3. The summed E-state index contributed by atoms with van der Waals surface area (Å²) in [7, 11) is 0. The van der Waals surface area contributed by atoms with Gasteiger partial charge in [-0.15, -0.1) is 37.2 Å². The van der Waals surface area contributed by atoms with Crippen LogP contribution in [0.15, 0.2) is 11.6 Å². The molecule has 51 heavy (non-hydrogen) atoms. The Labute approximate surface area is 324 Å². The second-order valence-electron chi connectivity index (χ2n) is 17.0. The first-order chi connectivity index (χ1) is 22.5. The topological polar surface area (TPSA) is 93.6 Å². The molecule has 0 radical (unpaired) electrons. The van der Waals surface area contributed by atoms with E-state index in [-0.39, 0.29) is 61.8 Å². The summed E-state index contributed by atoms with van der Waals surface area (Å²) in [4.78, 5) is 14.3. The summed E-state index contributed by atoms with van der Waals surface area (Å²) in [5.41, 5.74) is 12.3. The minimum atomic E-state index is -3.24. The molecule has 4 aliphatic rings. The number of fused-ring (bicyclic) bond motifs is 5. The predicted molar refractivity (Wildman–Crippen MR) is 207 cm³/mol. The lowest BCUT2D eigenvalue weighted by Gasteiger charge is -2.58. The molecule has 6 nitrogen and oxygen atoms in total. The Kier molecular flexibility index (Phi) is 19.4. The van der Waals surface area contributed by atoms with Crippen LogP contribution < -0.4 is 16.8 Å². The molecule has 4 rings (SSSR count). The van der Waals surface area contributed by atoms with E-state index < -0.39 is 44.1 Å². The van der Waals surface area contributed by atoms with Crippen LogP contribution in [0.4, 0.5) is 22.4 Å². The number of carbonyl (C=O) groups is 1. The number of carbonyl (C=O) groups excluding carboxylic acids is 1. The van der Waals surface area contributed by atoms with Crippen LogP contribution in [0.25, 0.3) is 0 Å². The van der Waals surface area contributed by atoms with Crippen LogP contribution in [0.5, 0.6) is 0 Å². The molecule has 0 heterocycles. The molecule has 5 N–H and O–H groups in total. The molecule has 0 aromatic rings. The van der Waals surface area contributed by atoms with Gasteiger partial charge in [0.25, 0.3) is 11.8 Å². The molecule has 0 saturated heterocycles. The number of amides is 1. The highest BCUT2D eigenvalue weighted by Gasteiger charge is 2.59. The summed E-state index contributed by atoms with van der Waals surface area (Å²) in [6.07, 6.45) is 14.8. The molecule has 3 saturated carbocycles. The van der Waals surface area contributed by atoms with Crippen molar-refractivity contribution >= 4 is 43.3 Å². The minimum absolute atomic E-state index is 0. The predicted octanol–water partition coefficient (Wildman–Crippen LogP) is 9.66. The summed E-state index contributed by atoms with van der Waals surface area (Å²) in [5.74, 6) is -1.76. The first-order valence-corrected chi connectivity index (χ1v) is 19.1. The first-order valence-electron chi connectivity index (χ1n) is 19.1. The number of alkyl halides is 4. The number of nitrogens with one attached hydrogen (secondary N) is 1. The molecule has 13 heteroatoms. The van der Waals surface area contributed by atoms with Crippen LogP contribution in [0.2, 0.25) is 0 Å². The largest absolute Gasteiger partial charge is 0.446 e. The molecule has 0 spiro atoms. The number of rotatable bonds is 17. The fourth-order valence-corrected chi connectivity index (χ4v) is 10.4. The standard InChI is InChI=1S/C38H66F4N4O2.3ClH/c1-26(2)9-8-10-27(3)31-13-14-32-30-12-11-28-21-29(15-17-35(28,4)33(30)16-18-36(31,32)5)48-34(47)46(25-38(41,42)23-44)20-7-6-19-45-24-37(39,40)22-43;;;/h11,26-27,29-33,45H,6-10,12-25,43-44H2,1-5H3;3*1H/t27-,29+,30+,31-,32+,33+,35+,36-;;;/m1.../s1. The van der Waals surface area contributed by atoms with E-state index in [9.17, 15) is 22.4 Å². The van der Waals surface area contributed by atoms with Crippen LogP contribution in [0, 0.1) is 46.3 Å². The van der Waals surface area contributed by atoms with Gasteiger partial charge in [0.05, 0.1) is 26.2 Å². The second kappa shape index (κ2) is 20.4. The zero-order valence-electron chi connectivity index (χ0n) is 31.7. The van der Waals surface area contributed by atoms with Crippen LogP contribution in [0.3, 0.4) is 0 Å². The molecule has 302 valence electrons. The molecule has 3 fully saturated rings. The summed E-state index contributed by atoms with van der Waals surface area (Å²) in [6.45, 7) is 9.52. The average molecular weight is 796 g/mol. The van der Waals surface area contributed by atoms with Crippen molar-refractivity contribution in [1.82, 2.24) is 10.2 Å². The Balaban J connectivity index is 0.00000433. The SMILES string of the molecule is CC(C)CCC[C@@H](C)[C@H]1CC[C@H]2[C@@H]3CC=C4C[C@@H](OC(=O)N(CCCCNCC(F)(F)CN)CC(F)(F)CN)CC[C@]4(C)[C@H]3CC[C@]12C.Cl.Cl.Cl. The molecule has 0 aromatic heterocycles. The number of nitrogens with two attached hydrogens (primary N) is 2. The monoisotopic (exact) mass is 794 g/mol. The summed E-state index contributed by atoms with van der Waals surface area (Å²) < 4.78 is 61.3. The lowest BCUT2D eigenvalue weighted by Crippen LogP contribution is -2.51. The van der Waals surface area contributed by atoms with E-state index in [4.69, 9.17) is 16.2 Å². The highest BCUT2D eigenvalue weighted by Crippen LogP contribution is 2.67.